The minimum absolute atomic E-state index is 0.0446. The number of pyridine rings is 1. The number of aromatic nitrogens is 2. The molecule has 3 heterocycles. The molecule has 0 bridgehead atoms. The summed E-state index contributed by atoms with van der Waals surface area (Å²) in [5.74, 6) is 2.96. The van der Waals surface area contributed by atoms with Gasteiger partial charge in [-0.2, -0.15) is 0 Å². The maximum absolute atomic E-state index is 13.9. The van der Waals surface area contributed by atoms with Crippen LogP contribution in [0.4, 0.5) is 4.79 Å². The van der Waals surface area contributed by atoms with Crippen LogP contribution in [0.15, 0.2) is 47.1 Å². The Bertz CT molecular complexity index is 1560. The van der Waals surface area contributed by atoms with Crippen molar-refractivity contribution in [2.24, 2.45) is 11.8 Å². The number of carbonyl (C=O) groups is 2. The van der Waals surface area contributed by atoms with Gasteiger partial charge in [-0.3, -0.25) is 9.78 Å². The second-order valence-electron chi connectivity index (χ2n) is 14.1. The molecule has 1 aliphatic heterocycles. The maximum atomic E-state index is 13.9. The molecule has 4 fully saturated rings. The molecule has 1 unspecified atom stereocenters. The van der Waals surface area contributed by atoms with Crippen LogP contribution in [0.5, 0.6) is 5.75 Å². The number of nitrogens with zero attached hydrogens (tertiary/aromatic N) is 3. The summed E-state index contributed by atoms with van der Waals surface area (Å²) in [6.07, 6.45) is 9.78. The Morgan fingerprint density at radius 2 is 1.70 bits per heavy atom. The van der Waals surface area contributed by atoms with Gasteiger partial charge in [-0.25, -0.2) is 4.79 Å². The van der Waals surface area contributed by atoms with E-state index in [0.29, 0.717) is 50.6 Å². The lowest BCUT2D eigenvalue weighted by Gasteiger charge is -2.37. The zero-order valence-corrected chi connectivity index (χ0v) is 27.4. The van der Waals surface area contributed by atoms with Crippen molar-refractivity contribution in [3.63, 3.8) is 0 Å². The first kappa shape index (κ1) is 31.7. The van der Waals surface area contributed by atoms with E-state index in [-0.39, 0.29) is 36.0 Å². The molecule has 1 saturated heterocycles. The molecule has 3 aliphatic carbocycles. The number of aliphatic hydroxyl groups is 1. The van der Waals surface area contributed by atoms with Crippen LogP contribution in [0.2, 0.25) is 0 Å². The molecule has 1 atom stereocenters. The third-order valence-corrected chi connectivity index (χ3v) is 10.8. The molecule has 10 heteroatoms. The normalized spacial score (nSPS) is 25.5. The van der Waals surface area contributed by atoms with Crippen LogP contribution in [0.3, 0.4) is 0 Å². The fraction of sp³-hybridized carbons (Fsp3) is 0.568. The van der Waals surface area contributed by atoms with Gasteiger partial charge >= 0.3 is 6.09 Å². The first-order valence-corrected chi connectivity index (χ1v) is 17.4. The monoisotopic (exact) mass is 642 g/mol. The summed E-state index contributed by atoms with van der Waals surface area (Å²) in [5.41, 5.74) is 5.11. The topological polar surface area (TPSA) is 127 Å². The minimum atomic E-state index is -0.456. The van der Waals surface area contributed by atoms with Gasteiger partial charge in [0.1, 0.15) is 23.3 Å². The highest BCUT2D eigenvalue weighted by Crippen LogP contribution is 2.43. The van der Waals surface area contributed by atoms with Gasteiger partial charge < -0.3 is 29.3 Å². The van der Waals surface area contributed by atoms with Crippen molar-refractivity contribution in [3.05, 3.63) is 65.2 Å². The summed E-state index contributed by atoms with van der Waals surface area (Å²) in [6, 6.07) is 12.4. The number of hydrogen-bond donors (Lipinski definition) is 2. The molecule has 2 amide bonds. The van der Waals surface area contributed by atoms with Crippen LogP contribution in [0.1, 0.15) is 105 Å². The number of amides is 2. The average Bonchev–Trinajstić information content (AvgIpc) is 3.81. The van der Waals surface area contributed by atoms with Gasteiger partial charge in [0, 0.05) is 29.7 Å². The van der Waals surface area contributed by atoms with E-state index in [0.717, 1.165) is 72.5 Å². The molecule has 0 radical (unpaired) electrons. The lowest BCUT2D eigenvalue weighted by molar-refractivity contribution is -0.128. The first-order chi connectivity index (χ1) is 22.8. The zero-order valence-electron chi connectivity index (χ0n) is 27.4. The van der Waals surface area contributed by atoms with Crippen LogP contribution in [-0.4, -0.2) is 64.6 Å². The predicted molar refractivity (Wildman–Crippen MR) is 175 cm³/mol. The number of aryl methyl sites for hydroxylation is 1. The van der Waals surface area contributed by atoms with Gasteiger partial charge in [-0.05, 0) is 112 Å². The van der Waals surface area contributed by atoms with Crippen molar-refractivity contribution in [3.8, 4) is 17.0 Å². The number of carbonyl (C=O) groups excluding carboxylic acids is 2. The van der Waals surface area contributed by atoms with Crippen molar-refractivity contribution in [2.75, 3.05) is 20.2 Å². The van der Waals surface area contributed by atoms with Crippen molar-refractivity contribution in [2.45, 2.75) is 101 Å². The molecule has 10 nitrogen and oxygen atoms in total. The van der Waals surface area contributed by atoms with Crippen molar-refractivity contribution in [1.82, 2.24) is 20.4 Å². The van der Waals surface area contributed by atoms with Gasteiger partial charge in [-0.1, -0.05) is 17.3 Å². The van der Waals surface area contributed by atoms with E-state index in [2.05, 4.69) is 41.7 Å². The molecule has 4 aliphatic rings. The molecule has 0 spiro atoms. The molecule has 250 valence electrons. The second-order valence-corrected chi connectivity index (χ2v) is 14.1. The molecular weight excluding hydrogens is 596 g/mol. The number of hydrogen-bond acceptors (Lipinski definition) is 8. The average molecular weight is 643 g/mol. The van der Waals surface area contributed by atoms with E-state index < -0.39 is 6.10 Å². The summed E-state index contributed by atoms with van der Waals surface area (Å²) in [5, 5.41) is 17.3. The molecule has 7 rings (SSSR count). The lowest BCUT2D eigenvalue weighted by atomic mass is 9.74. The third kappa shape index (κ3) is 7.17. The summed E-state index contributed by atoms with van der Waals surface area (Å²) in [6.45, 7) is 2.75. The van der Waals surface area contributed by atoms with Gasteiger partial charge in [0.05, 0.1) is 38.0 Å². The van der Waals surface area contributed by atoms with Crippen LogP contribution in [0.25, 0.3) is 11.3 Å². The Hall–Kier alpha value is -3.92. The highest BCUT2D eigenvalue weighted by atomic mass is 16.6. The number of ether oxygens (including phenoxy) is 2. The van der Waals surface area contributed by atoms with Crippen molar-refractivity contribution < 1.29 is 28.7 Å². The Morgan fingerprint density at radius 1 is 0.957 bits per heavy atom. The predicted octanol–water partition coefficient (Wildman–Crippen LogP) is 6.43. The molecule has 3 saturated carbocycles. The molecule has 1 aromatic carbocycles. The molecule has 47 heavy (non-hydrogen) atoms. The molecule has 2 N–H and O–H groups in total. The largest absolute Gasteiger partial charge is 0.496 e. The SMILES string of the molecule is COc1ccc(C2CCC(C(NC(=O)C3CCC(OC(=O)N4CC(O)C4)CC3)c3cc(-c4cc(C5CC5)on4)ccn3)CC2)cc1C. The Morgan fingerprint density at radius 3 is 2.38 bits per heavy atom. The number of benzene rings is 1. The maximum Gasteiger partial charge on any atom is 0.410 e. The number of aliphatic hydroxyl groups excluding tert-OH is 1. The van der Waals surface area contributed by atoms with E-state index in [1.807, 2.05) is 18.3 Å². The first-order valence-electron chi connectivity index (χ1n) is 17.4. The summed E-state index contributed by atoms with van der Waals surface area (Å²) in [7, 11) is 1.71. The van der Waals surface area contributed by atoms with Gasteiger partial charge in [0.25, 0.3) is 0 Å². The zero-order chi connectivity index (χ0) is 32.5. The number of β-amino-alcohol motifs (C(OH)–C–C–N with tert-alkyl or cyclic N) is 1. The molecule has 2 aromatic heterocycles. The van der Waals surface area contributed by atoms with Crippen molar-refractivity contribution >= 4 is 12.0 Å². The fourth-order valence-corrected chi connectivity index (χ4v) is 7.67. The summed E-state index contributed by atoms with van der Waals surface area (Å²) in [4.78, 5) is 32.5. The number of rotatable bonds is 9. The second kappa shape index (κ2) is 13.7. The van der Waals surface area contributed by atoms with E-state index in [4.69, 9.17) is 19.0 Å². The Labute approximate surface area is 276 Å². The Kier molecular flexibility index (Phi) is 9.21. The number of nitrogens with one attached hydrogen (secondary N) is 1. The minimum Gasteiger partial charge on any atom is -0.496 e. The number of methoxy groups -OCH3 is 1. The Balaban J connectivity index is 1.04. The van der Waals surface area contributed by atoms with E-state index in [9.17, 15) is 14.7 Å². The van der Waals surface area contributed by atoms with Crippen molar-refractivity contribution in [1.29, 1.82) is 0 Å². The van der Waals surface area contributed by atoms with Crippen LogP contribution in [0, 0.1) is 18.8 Å². The highest BCUT2D eigenvalue weighted by Gasteiger charge is 2.36. The van der Waals surface area contributed by atoms with Crippen LogP contribution < -0.4 is 10.1 Å². The van der Waals surface area contributed by atoms with Crippen LogP contribution >= 0.6 is 0 Å². The smallest absolute Gasteiger partial charge is 0.410 e. The van der Waals surface area contributed by atoms with Gasteiger partial charge in [0.15, 0.2) is 0 Å². The van der Waals surface area contributed by atoms with E-state index in [1.54, 1.807) is 7.11 Å². The van der Waals surface area contributed by atoms with E-state index >= 15 is 0 Å². The molecular formula is C37H46N4O6. The quantitative estimate of drug-likeness (QED) is 0.273. The molecule has 3 aromatic rings. The van der Waals surface area contributed by atoms with Gasteiger partial charge in [0.2, 0.25) is 5.91 Å². The van der Waals surface area contributed by atoms with Crippen LogP contribution in [-0.2, 0) is 9.53 Å². The summed E-state index contributed by atoms with van der Waals surface area (Å²) >= 11 is 0. The standard InChI is InChI=1S/C37H46N4O6/c1-22-17-27(11-14-33(22)45-2)23-3-7-25(8-4-23)35(32-18-28(15-16-38-32)31-19-34(47-40-31)24-5-6-24)39-36(43)26-9-12-30(13-10-26)46-37(44)41-20-29(42)21-41/h11,14-19,23-26,29-30,35,42H,3-10,12-13,20-21H2,1-2H3,(H,39,43). The third-order valence-electron chi connectivity index (χ3n) is 10.8. The van der Waals surface area contributed by atoms with E-state index in [1.165, 1.54) is 10.5 Å². The highest BCUT2D eigenvalue weighted by molar-refractivity contribution is 5.79. The number of likely N-dealkylation sites (tertiary alicyclic amines) is 1. The lowest BCUT2D eigenvalue weighted by Crippen LogP contribution is -2.54. The van der Waals surface area contributed by atoms with Gasteiger partial charge in [-0.15, -0.1) is 0 Å². The summed E-state index contributed by atoms with van der Waals surface area (Å²) < 4.78 is 16.8. The fourth-order valence-electron chi connectivity index (χ4n) is 7.67.